The van der Waals surface area contributed by atoms with E-state index in [1.54, 1.807) is 12.5 Å². The van der Waals surface area contributed by atoms with Gasteiger partial charge in [0.25, 0.3) is 0 Å². The van der Waals surface area contributed by atoms with Gasteiger partial charge >= 0.3 is 0 Å². The molecule has 0 saturated heterocycles. The molecule has 0 fully saturated rings. The number of halogens is 1. The first-order valence-electron chi connectivity index (χ1n) is 5.05. The van der Waals surface area contributed by atoms with E-state index in [9.17, 15) is 0 Å². The van der Waals surface area contributed by atoms with E-state index in [0.29, 0.717) is 11.8 Å². The molecule has 0 spiro atoms. The van der Waals surface area contributed by atoms with Crippen LogP contribution in [0.1, 0.15) is 19.8 Å². The Morgan fingerprint density at radius 3 is 3.13 bits per heavy atom. The van der Waals surface area contributed by atoms with Crippen LogP contribution in [0.4, 0.5) is 0 Å². The maximum atomic E-state index is 5.94. The van der Waals surface area contributed by atoms with Gasteiger partial charge in [-0.2, -0.15) is 0 Å². The van der Waals surface area contributed by atoms with Crippen LogP contribution in [0.5, 0.6) is 0 Å². The molecule has 0 amide bonds. The molecule has 0 aromatic carbocycles. The number of allylic oxidation sites excluding steroid dienone is 3. The highest BCUT2D eigenvalue weighted by molar-refractivity contribution is 6.29. The minimum absolute atomic E-state index is 0.635. The van der Waals surface area contributed by atoms with Gasteiger partial charge in [-0.3, -0.25) is 0 Å². The second-order valence-corrected chi connectivity index (χ2v) is 3.55. The van der Waals surface area contributed by atoms with Crippen molar-refractivity contribution in [1.29, 1.82) is 0 Å². The predicted octanol–water partition coefficient (Wildman–Crippen LogP) is 2.87. The number of unbranched alkanes of at least 4 members (excludes halogenated alkanes) is 1. The third kappa shape index (κ3) is 5.27. The Hall–Kier alpha value is -1.22. The monoisotopic (exact) mass is 225 g/mol. The lowest BCUT2D eigenvalue weighted by molar-refractivity contribution is 0.635. The SMILES string of the molecule is CCC/C=C\C=C(\Cl)NCn1ccnc1. The van der Waals surface area contributed by atoms with E-state index in [2.05, 4.69) is 23.3 Å². The minimum atomic E-state index is 0.635. The molecule has 82 valence electrons. The van der Waals surface area contributed by atoms with Crippen molar-refractivity contribution >= 4 is 11.6 Å². The molecule has 0 saturated carbocycles. The van der Waals surface area contributed by atoms with Crippen LogP contribution in [-0.4, -0.2) is 9.55 Å². The Balaban J connectivity index is 2.26. The van der Waals surface area contributed by atoms with E-state index in [4.69, 9.17) is 11.6 Å². The minimum Gasteiger partial charge on any atom is -0.358 e. The Morgan fingerprint density at radius 2 is 2.47 bits per heavy atom. The first kappa shape index (κ1) is 11.9. The van der Waals surface area contributed by atoms with Crippen LogP contribution in [0.25, 0.3) is 0 Å². The molecule has 1 heterocycles. The summed E-state index contributed by atoms with van der Waals surface area (Å²) >= 11 is 5.94. The van der Waals surface area contributed by atoms with Gasteiger partial charge in [-0.25, -0.2) is 4.98 Å². The van der Waals surface area contributed by atoms with Crippen LogP contribution < -0.4 is 5.32 Å². The lowest BCUT2D eigenvalue weighted by atomic mass is 10.3. The summed E-state index contributed by atoms with van der Waals surface area (Å²) in [6.45, 7) is 2.78. The lowest BCUT2D eigenvalue weighted by Crippen LogP contribution is -2.13. The summed E-state index contributed by atoms with van der Waals surface area (Å²) in [6.07, 6.45) is 13.5. The molecule has 1 N–H and O–H groups in total. The Labute approximate surface area is 95.5 Å². The molecule has 0 aliphatic heterocycles. The zero-order valence-corrected chi connectivity index (χ0v) is 9.61. The molecular formula is C11H16ClN3. The van der Waals surface area contributed by atoms with Gasteiger partial charge < -0.3 is 9.88 Å². The molecule has 1 aromatic heterocycles. The second-order valence-electron chi connectivity index (χ2n) is 3.14. The zero-order chi connectivity index (χ0) is 10.9. The average molecular weight is 226 g/mol. The molecule has 1 rings (SSSR count). The molecular weight excluding hydrogens is 210 g/mol. The number of rotatable bonds is 6. The van der Waals surface area contributed by atoms with Crippen LogP contribution in [0, 0.1) is 0 Å². The van der Waals surface area contributed by atoms with Crippen molar-refractivity contribution < 1.29 is 0 Å². The number of hydrogen-bond acceptors (Lipinski definition) is 2. The summed E-state index contributed by atoms with van der Waals surface area (Å²) in [6, 6.07) is 0. The van der Waals surface area contributed by atoms with E-state index in [-0.39, 0.29) is 0 Å². The highest BCUT2D eigenvalue weighted by atomic mass is 35.5. The van der Waals surface area contributed by atoms with Crippen LogP contribution in [0.3, 0.4) is 0 Å². The van der Waals surface area contributed by atoms with Gasteiger partial charge in [0.2, 0.25) is 0 Å². The number of hydrogen-bond donors (Lipinski definition) is 1. The normalized spacial score (nSPS) is 12.3. The maximum absolute atomic E-state index is 5.94. The van der Waals surface area contributed by atoms with Crippen LogP contribution in [0.15, 0.2) is 42.1 Å². The Morgan fingerprint density at radius 1 is 1.60 bits per heavy atom. The molecule has 0 aliphatic carbocycles. The van der Waals surface area contributed by atoms with E-state index >= 15 is 0 Å². The number of nitrogens with one attached hydrogen (secondary N) is 1. The van der Waals surface area contributed by atoms with Crippen molar-refractivity contribution in [3.8, 4) is 0 Å². The molecule has 0 aliphatic rings. The highest BCUT2D eigenvalue weighted by Gasteiger charge is 1.89. The van der Waals surface area contributed by atoms with E-state index < -0.39 is 0 Å². The lowest BCUT2D eigenvalue weighted by Gasteiger charge is -2.03. The third-order valence-corrected chi connectivity index (χ3v) is 2.08. The van der Waals surface area contributed by atoms with Crippen molar-refractivity contribution in [1.82, 2.24) is 14.9 Å². The number of nitrogens with zero attached hydrogens (tertiary/aromatic N) is 2. The fraction of sp³-hybridized carbons (Fsp3) is 0.364. The summed E-state index contributed by atoms with van der Waals surface area (Å²) in [5, 5.41) is 3.70. The second kappa shape index (κ2) is 7.12. The quantitative estimate of drug-likeness (QED) is 0.596. The summed E-state index contributed by atoms with van der Waals surface area (Å²) in [7, 11) is 0. The van der Waals surface area contributed by atoms with Gasteiger partial charge in [0.1, 0.15) is 5.16 Å². The van der Waals surface area contributed by atoms with Gasteiger partial charge in [0.15, 0.2) is 0 Å². The van der Waals surface area contributed by atoms with E-state index in [1.807, 2.05) is 22.9 Å². The fourth-order valence-electron chi connectivity index (χ4n) is 1.02. The van der Waals surface area contributed by atoms with Crippen LogP contribution in [-0.2, 0) is 6.67 Å². The van der Waals surface area contributed by atoms with Crippen molar-refractivity contribution in [3.05, 3.63) is 42.1 Å². The molecule has 15 heavy (non-hydrogen) atoms. The molecule has 0 atom stereocenters. The topological polar surface area (TPSA) is 29.9 Å². The maximum Gasteiger partial charge on any atom is 0.103 e. The van der Waals surface area contributed by atoms with Crippen molar-refractivity contribution in [2.75, 3.05) is 0 Å². The van der Waals surface area contributed by atoms with Gasteiger partial charge in [-0.1, -0.05) is 37.1 Å². The van der Waals surface area contributed by atoms with Crippen molar-refractivity contribution in [3.63, 3.8) is 0 Å². The fourth-order valence-corrected chi connectivity index (χ4v) is 1.15. The zero-order valence-electron chi connectivity index (χ0n) is 8.86. The molecule has 0 unspecified atom stereocenters. The highest BCUT2D eigenvalue weighted by Crippen LogP contribution is 1.98. The van der Waals surface area contributed by atoms with Crippen molar-refractivity contribution in [2.45, 2.75) is 26.4 Å². The summed E-state index contributed by atoms with van der Waals surface area (Å²) < 4.78 is 1.91. The molecule has 3 nitrogen and oxygen atoms in total. The third-order valence-electron chi connectivity index (χ3n) is 1.82. The molecule has 0 radical (unpaired) electrons. The van der Waals surface area contributed by atoms with Crippen LogP contribution in [0.2, 0.25) is 0 Å². The molecule has 0 bridgehead atoms. The molecule has 1 aromatic rings. The number of aromatic nitrogens is 2. The van der Waals surface area contributed by atoms with Gasteiger partial charge in [-0.05, 0) is 12.5 Å². The number of imidazole rings is 1. The van der Waals surface area contributed by atoms with E-state index in [0.717, 1.165) is 12.8 Å². The van der Waals surface area contributed by atoms with Gasteiger partial charge in [0, 0.05) is 12.4 Å². The van der Waals surface area contributed by atoms with Gasteiger partial charge in [-0.15, -0.1) is 0 Å². The predicted molar refractivity (Wildman–Crippen MR) is 63.3 cm³/mol. The average Bonchev–Trinajstić information content (AvgIpc) is 2.74. The Bertz CT molecular complexity index is 315. The summed E-state index contributed by atoms with van der Waals surface area (Å²) in [4.78, 5) is 3.93. The van der Waals surface area contributed by atoms with Crippen LogP contribution >= 0.6 is 11.6 Å². The summed E-state index contributed by atoms with van der Waals surface area (Å²) in [5.74, 6) is 0. The standard InChI is InChI=1S/C11H16ClN3/c1-2-3-4-5-6-11(12)14-10-15-8-7-13-9-15/h4-9,14H,2-3,10H2,1H3/b5-4-,11-6-. The first-order valence-corrected chi connectivity index (χ1v) is 5.42. The molecule has 4 heteroatoms. The summed E-state index contributed by atoms with van der Waals surface area (Å²) in [5.41, 5.74) is 0. The Kier molecular flexibility index (Phi) is 5.63. The van der Waals surface area contributed by atoms with Crippen molar-refractivity contribution in [2.24, 2.45) is 0 Å². The van der Waals surface area contributed by atoms with Gasteiger partial charge in [0.05, 0.1) is 13.0 Å². The van der Waals surface area contributed by atoms with E-state index in [1.165, 1.54) is 0 Å². The smallest absolute Gasteiger partial charge is 0.103 e. The largest absolute Gasteiger partial charge is 0.358 e. The first-order chi connectivity index (χ1) is 7.33.